The molecule has 0 amide bonds. The molecule has 2 aromatic rings. The molecular formula is C11H10ClN3OS. The van der Waals surface area contributed by atoms with Gasteiger partial charge >= 0.3 is 0 Å². The van der Waals surface area contributed by atoms with Gasteiger partial charge < -0.3 is 4.57 Å². The highest BCUT2D eigenvalue weighted by Crippen LogP contribution is 2.17. The fraction of sp³-hybridized carbons (Fsp3) is 0.182. The maximum Gasteiger partial charge on any atom is 0.191 e. The van der Waals surface area contributed by atoms with Crippen molar-refractivity contribution in [3.05, 3.63) is 41.2 Å². The van der Waals surface area contributed by atoms with Gasteiger partial charge in [-0.2, -0.15) is 0 Å². The third kappa shape index (κ3) is 3.08. The standard InChI is InChI=1S/C11H10ClN3OS/c1-15-7-13-14-11(15)17-6-10(16)8-3-2-4-9(12)5-8/h2-5,7H,6H2,1H3. The van der Waals surface area contributed by atoms with Gasteiger partial charge in [-0.15, -0.1) is 10.2 Å². The van der Waals surface area contributed by atoms with Gasteiger partial charge in [0.25, 0.3) is 0 Å². The van der Waals surface area contributed by atoms with Crippen molar-refractivity contribution < 1.29 is 4.79 Å². The molecule has 0 bridgehead atoms. The Hall–Kier alpha value is -1.33. The number of aromatic nitrogens is 3. The summed E-state index contributed by atoms with van der Waals surface area (Å²) in [5.74, 6) is 0.355. The number of hydrogen-bond donors (Lipinski definition) is 0. The Morgan fingerprint density at radius 3 is 3.00 bits per heavy atom. The highest BCUT2D eigenvalue weighted by Gasteiger charge is 2.09. The largest absolute Gasteiger partial charge is 0.312 e. The summed E-state index contributed by atoms with van der Waals surface area (Å²) in [5.41, 5.74) is 0.618. The number of Topliss-reactive ketones (excluding diaryl/α,β-unsaturated/α-hetero) is 1. The van der Waals surface area contributed by atoms with Crippen LogP contribution in [-0.2, 0) is 7.05 Å². The van der Waals surface area contributed by atoms with Crippen molar-refractivity contribution in [2.75, 3.05) is 5.75 Å². The Labute approximate surface area is 108 Å². The molecule has 1 aromatic heterocycles. The average molecular weight is 268 g/mol. The first-order valence-electron chi connectivity index (χ1n) is 4.92. The van der Waals surface area contributed by atoms with Gasteiger partial charge in [0.2, 0.25) is 0 Å². The van der Waals surface area contributed by atoms with Crippen molar-refractivity contribution in [2.24, 2.45) is 7.05 Å². The number of rotatable bonds is 4. The van der Waals surface area contributed by atoms with Gasteiger partial charge in [0.15, 0.2) is 10.9 Å². The molecule has 6 heteroatoms. The summed E-state index contributed by atoms with van der Waals surface area (Å²) in [6.07, 6.45) is 1.60. The summed E-state index contributed by atoms with van der Waals surface area (Å²) in [7, 11) is 1.84. The molecule has 0 unspecified atom stereocenters. The van der Waals surface area contributed by atoms with Gasteiger partial charge in [0, 0.05) is 17.6 Å². The van der Waals surface area contributed by atoms with E-state index in [0.29, 0.717) is 16.3 Å². The second kappa shape index (κ2) is 5.33. The Morgan fingerprint density at radius 1 is 1.53 bits per heavy atom. The Kier molecular flexibility index (Phi) is 3.81. The normalized spacial score (nSPS) is 10.5. The van der Waals surface area contributed by atoms with Crippen LogP contribution in [0.5, 0.6) is 0 Å². The third-order valence-corrected chi connectivity index (χ3v) is 3.42. The predicted molar refractivity (Wildman–Crippen MR) is 67.5 cm³/mol. The summed E-state index contributed by atoms with van der Waals surface area (Å²) in [5, 5.41) is 8.93. The smallest absolute Gasteiger partial charge is 0.191 e. The fourth-order valence-corrected chi connectivity index (χ4v) is 2.25. The fourth-order valence-electron chi connectivity index (χ4n) is 1.28. The van der Waals surface area contributed by atoms with Crippen molar-refractivity contribution in [2.45, 2.75) is 5.16 Å². The van der Waals surface area contributed by atoms with E-state index >= 15 is 0 Å². The predicted octanol–water partition coefficient (Wildman–Crippen LogP) is 2.44. The van der Waals surface area contributed by atoms with Gasteiger partial charge in [0.1, 0.15) is 6.33 Å². The molecule has 0 aliphatic carbocycles. The molecule has 0 aliphatic heterocycles. The monoisotopic (exact) mass is 267 g/mol. The lowest BCUT2D eigenvalue weighted by atomic mass is 10.1. The molecule has 0 radical (unpaired) electrons. The van der Waals surface area contributed by atoms with E-state index in [9.17, 15) is 4.79 Å². The summed E-state index contributed by atoms with van der Waals surface area (Å²) >= 11 is 7.19. The van der Waals surface area contributed by atoms with E-state index in [0.717, 1.165) is 5.16 Å². The van der Waals surface area contributed by atoms with E-state index < -0.39 is 0 Å². The summed E-state index contributed by atoms with van der Waals surface area (Å²) < 4.78 is 1.77. The number of carbonyl (C=O) groups is 1. The molecule has 88 valence electrons. The molecule has 2 rings (SSSR count). The first-order valence-corrected chi connectivity index (χ1v) is 6.29. The number of hydrogen-bond acceptors (Lipinski definition) is 4. The van der Waals surface area contributed by atoms with E-state index in [4.69, 9.17) is 11.6 Å². The molecule has 1 aromatic carbocycles. The van der Waals surface area contributed by atoms with Gasteiger partial charge in [0.05, 0.1) is 5.75 Å². The minimum absolute atomic E-state index is 0.0282. The van der Waals surface area contributed by atoms with Crippen LogP contribution in [-0.4, -0.2) is 26.3 Å². The quantitative estimate of drug-likeness (QED) is 0.631. The molecule has 0 N–H and O–H groups in total. The zero-order chi connectivity index (χ0) is 12.3. The van der Waals surface area contributed by atoms with Crippen molar-refractivity contribution in [3.8, 4) is 0 Å². The summed E-state index contributed by atoms with van der Waals surface area (Å²) in [4.78, 5) is 11.9. The first kappa shape index (κ1) is 12.1. The molecule has 1 heterocycles. The van der Waals surface area contributed by atoms with E-state index in [-0.39, 0.29) is 5.78 Å². The number of nitrogens with zero attached hydrogens (tertiary/aromatic N) is 3. The molecule has 17 heavy (non-hydrogen) atoms. The minimum atomic E-state index is 0.0282. The van der Waals surface area contributed by atoms with Crippen LogP contribution in [0.25, 0.3) is 0 Å². The molecular weight excluding hydrogens is 258 g/mol. The number of halogens is 1. The van der Waals surface area contributed by atoms with E-state index in [2.05, 4.69) is 10.2 Å². The van der Waals surface area contributed by atoms with Crippen molar-refractivity contribution in [1.82, 2.24) is 14.8 Å². The van der Waals surface area contributed by atoms with Crippen LogP contribution in [0.15, 0.2) is 35.7 Å². The number of benzene rings is 1. The van der Waals surface area contributed by atoms with Crippen LogP contribution in [0.2, 0.25) is 5.02 Å². The molecule has 0 fully saturated rings. The van der Waals surface area contributed by atoms with E-state index in [1.54, 1.807) is 35.2 Å². The number of aryl methyl sites for hydroxylation is 1. The molecule has 0 saturated heterocycles. The highest BCUT2D eigenvalue weighted by molar-refractivity contribution is 7.99. The maximum absolute atomic E-state index is 11.9. The first-order chi connectivity index (χ1) is 8.16. The third-order valence-electron chi connectivity index (χ3n) is 2.15. The van der Waals surface area contributed by atoms with Crippen LogP contribution in [0.1, 0.15) is 10.4 Å². The van der Waals surface area contributed by atoms with E-state index in [1.807, 2.05) is 7.05 Å². The van der Waals surface area contributed by atoms with Crippen LogP contribution in [0, 0.1) is 0 Å². The van der Waals surface area contributed by atoms with Crippen LogP contribution >= 0.6 is 23.4 Å². The SMILES string of the molecule is Cn1cnnc1SCC(=O)c1cccc(Cl)c1. The maximum atomic E-state index is 11.9. The molecule has 0 spiro atoms. The van der Waals surface area contributed by atoms with Gasteiger partial charge in [-0.25, -0.2) is 0 Å². The highest BCUT2D eigenvalue weighted by atomic mass is 35.5. The minimum Gasteiger partial charge on any atom is -0.312 e. The topological polar surface area (TPSA) is 47.8 Å². The van der Waals surface area contributed by atoms with Crippen molar-refractivity contribution in [3.63, 3.8) is 0 Å². The molecule has 4 nitrogen and oxygen atoms in total. The second-order valence-corrected chi connectivity index (χ2v) is 4.83. The van der Waals surface area contributed by atoms with Gasteiger partial charge in [-0.1, -0.05) is 35.5 Å². The zero-order valence-electron chi connectivity index (χ0n) is 9.13. The van der Waals surface area contributed by atoms with Crippen LogP contribution in [0.3, 0.4) is 0 Å². The van der Waals surface area contributed by atoms with Gasteiger partial charge in [-0.3, -0.25) is 4.79 Å². The lowest BCUT2D eigenvalue weighted by molar-refractivity contribution is 0.102. The Bertz CT molecular complexity index is 541. The Morgan fingerprint density at radius 2 is 2.35 bits per heavy atom. The number of thioether (sulfide) groups is 1. The lowest BCUT2D eigenvalue weighted by Crippen LogP contribution is -2.03. The van der Waals surface area contributed by atoms with Crippen LogP contribution < -0.4 is 0 Å². The molecule has 0 atom stereocenters. The number of carbonyl (C=O) groups excluding carboxylic acids is 1. The van der Waals surface area contributed by atoms with Crippen LogP contribution in [0.4, 0.5) is 0 Å². The second-order valence-electron chi connectivity index (χ2n) is 3.45. The lowest BCUT2D eigenvalue weighted by Gasteiger charge is -2.01. The van der Waals surface area contributed by atoms with E-state index in [1.165, 1.54) is 11.8 Å². The molecule has 0 saturated carbocycles. The average Bonchev–Trinajstić information content (AvgIpc) is 2.72. The Balaban J connectivity index is 2.01. The van der Waals surface area contributed by atoms with Gasteiger partial charge in [-0.05, 0) is 12.1 Å². The summed E-state index contributed by atoms with van der Waals surface area (Å²) in [6, 6.07) is 6.93. The number of ketones is 1. The molecule has 0 aliphatic rings. The van der Waals surface area contributed by atoms with Crippen molar-refractivity contribution >= 4 is 29.1 Å². The zero-order valence-corrected chi connectivity index (χ0v) is 10.7. The summed E-state index contributed by atoms with van der Waals surface area (Å²) in [6.45, 7) is 0. The van der Waals surface area contributed by atoms with Crippen molar-refractivity contribution in [1.29, 1.82) is 0 Å².